The van der Waals surface area contributed by atoms with Crippen LogP contribution in [0.25, 0.3) is 0 Å². The molecule has 0 saturated heterocycles. The van der Waals surface area contributed by atoms with Crippen LogP contribution in [0.5, 0.6) is 5.75 Å². The first-order valence-electron chi connectivity index (χ1n) is 7.70. The SMILES string of the molecule is CCOCC(C)(C)CCCCc1cc(C)ccc1OC. The normalized spacial score (nSPS) is 11.7. The van der Waals surface area contributed by atoms with Crippen molar-refractivity contribution in [1.29, 1.82) is 0 Å². The van der Waals surface area contributed by atoms with Crippen molar-refractivity contribution in [2.45, 2.75) is 53.4 Å². The average Bonchev–Trinajstić information content (AvgIpc) is 2.42. The van der Waals surface area contributed by atoms with Crippen LogP contribution in [0.3, 0.4) is 0 Å². The van der Waals surface area contributed by atoms with Gasteiger partial charge in [-0.05, 0) is 50.2 Å². The summed E-state index contributed by atoms with van der Waals surface area (Å²) in [6, 6.07) is 6.42. The van der Waals surface area contributed by atoms with E-state index in [2.05, 4.69) is 45.9 Å². The number of rotatable bonds is 9. The zero-order valence-electron chi connectivity index (χ0n) is 13.8. The van der Waals surface area contributed by atoms with E-state index in [4.69, 9.17) is 9.47 Å². The fourth-order valence-electron chi connectivity index (χ4n) is 2.47. The van der Waals surface area contributed by atoms with E-state index in [1.54, 1.807) is 7.11 Å². The van der Waals surface area contributed by atoms with Gasteiger partial charge >= 0.3 is 0 Å². The van der Waals surface area contributed by atoms with Crippen LogP contribution < -0.4 is 4.74 Å². The predicted octanol–water partition coefficient (Wildman–Crippen LogP) is 4.78. The van der Waals surface area contributed by atoms with Gasteiger partial charge in [-0.25, -0.2) is 0 Å². The van der Waals surface area contributed by atoms with Crippen LogP contribution in [0.15, 0.2) is 18.2 Å². The molecule has 0 N–H and O–H groups in total. The van der Waals surface area contributed by atoms with Crippen LogP contribution in [-0.2, 0) is 11.2 Å². The van der Waals surface area contributed by atoms with Crippen LogP contribution in [0.4, 0.5) is 0 Å². The summed E-state index contributed by atoms with van der Waals surface area (Å²) in [7, 11) is 1.75. The topological polar surface area (TPSA) is 18.5 Å². The molecule has 0 aliphatic carbocycles. The van der Waals surface area contributed by atoms with Gasteiger partial charge in [0.25, 0.3) is 0 Å². The summed E-state index contributed by atoms with van der Waals surface area (Å²) in [5.74, 6) is 1.02. The molecule has 0 bridgehead atoms. The van der Waals surface area contributed by atoms with Crippen LogP contribution in [0.1, 0.15) is 51.2 Å². The molecule has 0 spiro atoms. The van der Waals surface area contributed by atoms with Crippen molar-refractivity contribution in [2.75, 3.05) is 20.3 Å². The molecule has 114 valence electrons. The van der Waals surface area contributed by atoms with E-state index in [1.165, 1.54) is 30.4 Å². The molecule has 0 aliphatic rings. The molecule has 0 atom stereocenters. The molecule has 1 aromatic rings. The van der Waals surface area contributed by atoms with E-state index in [0.717, 1.165) is 25.4 Å². The molecule has 1 rings (SSSR count). The molecular formula is C18H30O2. The fraction of sp³-hybridized carbons (Fsp3) is 0.667. The number of unbranched alkanes of at least 4 members (excludes halogenated alkanes) is 1. The molecule has 0 saturated carbocycles. The fourth-order valence-corrected chi connectivity index (χ4v) is 2.47. The minimum Gasteiger partial charge on any atom is -0.496 e. The second-order valence-corrected chi connectivity index (χ2v) is 6.32. The second kappa shape index (κ2) is 8.31. The number of aryl methyl sites for hydroxylation is 2. The van der Waals surface area contributed by atoms with Gasteiger partial charge in [-0.15, -0.1) is 0 Å². The summed E-state index contributed by atoms with van der Waals surface area (Å²) in [5.41, 5.74) is 2.92. The lowest BCUT2D eigenvalue weighted by molar-refractivity contribution is 0.0646. The van der Waals surface area contributed by atoms with E-state index in [-0.39, 0.29) is 5.41 Å². The Labute approximate surface area is 124 Å². The highest BCUT2D eigenvalue weighted by Gasteiger charge is 2.17. The molecule has 0 heterocycles. The lowest BCUT2D eigenvalue weighted by atomic mass is 9.87. The highest BCUT2D eigenvalue weighted by Crippen LogP contribution is 2.26. The summed E-state index contributed by atoms with van der Waals surface area (Å²) in [6.45, 7) is 10.4. The zero-order chi connectivity index (χ0) is 15.0. The Kier molecular flexibility index (Phi) is 7.08. The number of ether oxygens (including phenoxy) is 2. The molecule has 2 nitrogen and oxygen atoms in total. The maximum atomic E-state index is 5.55. The quantitative estimate of drug-likeness (QED) is 0.605. The third-order valence-electron chi connectivity index (χ3n) is 3.68. The highest BCUT2D eigenvalue weighted by atomic mass is 16.5. The Bertz CT molecular complexity index is 396. The standard InChI is InChI=1S/C18H30O2/c1-6-20-14-18(3,4)12-8-7-9-16-13-15(2)10-11-17(16)19-5/h10-11,13H,6-9,12,14H2,1-5H3. The van der Waals surface area contributed by atoms with E-state index in [0.29, 0.717) is 0 Å². The molecule has 2 heteroatoms. The van der Waals surface area contributed by atoms with Crippen molar-refractivity contribution >= 4 is 0 Å². The molecule has 0 fully saturated rings. The maximum absolute atomic E-state index is 5.55. The van der Waals surface area contributed by atoms with Gasteiger partial charge in [0.1, 0.15) is 5.75 Å². The van der Waals surface area contributed by atoms with Crippen LogP contribution in [0, 0.1) is 12.3 Å². The number of methoxy groups -OCH3 is 1. The molecule has 0 aromatic heterocycles. The molecule has 1 aromatic carbocycles. The van der Waals surface area contributed by atoms with Crippen molar-refractivity contribution < 1.29 is 9.47 Å². The van der Waals surface area contributed by atoms with Crippen molar-refractivity contribution in [3.8, 4) is 5.75 Å². The van der Waals surface area contributed by atoms with E-state index in [9.17, 15) is 0 Å². The van der Waals surface area contributed by atoms with Gasteiger partial charge in [0.15, 0.2) is 0 Å². The summed E-state index contributed by atoms with van der Waals surface area (Å²) >= 11 is 0. The first kappa shape index (κ1) is 17.0. The molecule has 0 radical (unpaired) electrons. The van der Waals surface area contributed by atoms with Gasteiger partial charge in [0.05, 0.1) is 13.7 Å². The Morgan fingerprint density at radius 3 is 2.55 bits per heavy atom. The molecular weight excluding hydrogens is 248 g/mol. The monoisotopic (exact) mass is 278 g/mol. The van der Waals surface area contributed by atoms with Crippen LogP contribution >= 0.6 is 0 Å². The molecule has 0 unspecified atom stereocenters. The molecule has 0 aliphatic heterocycles. The average molecular weight is 278 g/mol. The lowest BCUT2D eigenvalue weighted by Crippen LogP contribution is -2.19. The Balaban J connectivity index is 2.39. The van der Waals surface area contributed by atoms with Crippen LogP contribution in [0.2, 0.25) is 0 Å². The van der Waals surface area contributed by atoms with Gasteiger partial charge in [-0.2, -0.15) is 0 Å². The van der Waals surface area contributed by atoms with E-state index >= 15 is 0 Å². The number of hydrogen-bond donors (Lipinski definition) is 0. The lowest BCUT2D eigenvalue weighted by Gasteiger charge is -2.24. The van der Waals surface area contributed by atoms with Gasteiger partial charge in [-0.3, -0.25) is 0 Å². The van der Waals surface area contributed by atoms with Crippen molar-refractivity contribution in [2.24, 2.45) is 5.41 Å². The Hall–Kier alpha value is -1.02. The largest absolute Gasteiger partial charge is 0.496 e. The maximum Gasteiger partial charge on any atom is 0.122 e. The van der Waals surface area contributed by atoms with Gasteiger partial charge < -0.3 is 9.47 Å². The predicted molar refractivity (Wildman–Crippen MR) is 85.6 cm³/mol. The minimum absolute atomic E-state index is 0.284. The van der Waals surface area contributed by atoms with Gasteiger partial charge in [-0.1, -0.05) is 38.0 Å². The Morgan fingerprint density at radius 1 is 1.15 bits per heavy atom. The first-order chi connectivity index (χ1) is 9.48. The van der Waals surface area contributed by atoms with Crippen molar-refractivity contribution in [3.05, 3.63) is 29.3 Å². The first-order valence-corrected chi connectivity index (χ1v) is 7.70. The molecule has 20 heavy (non-hydrogen) atoms. The van der Waals surface area contributed by atoms with Gasteiger partial charge in [0.2, 0.25) is 0 Å². The smallest absolute Gasteiger partial charge is 0.122 e. The zero-order valence-corrected chi connectivity index (χ0v) is 13.8. The highest BCUT2D eigenvalue weighted by molar-refractivity contribution is 5.36. The third kappa shape index (κ3) is 5.96. The van der Waals surface area contributed by atoms with Crippen LogP contribution in [-0.4, -0.2) is 20.3 Å². The van der Waals surface area contributed by atoms with Gasteiger partial charge in [0, 0.05) is 6.61 Å². The van der Waals surface area contributed by atoms with Crippen molar-refractivity contribution in [1.82, 2.24) is 0 Å². The van der Waals surface area contributed by atoms with Crippen molar-refractivity contribution in [3.63, 3.8) is 0 Å². The number of benzene rings is 1. The third-order valence-corrected chi connectivity index (χ3v) is 3.68. The second-order valence-electron chi connectivity index (χ2n) is 6.32. The molecule has 0 amide bonds. The minimum atomic E-state index is 0.284. The summed E-state index contributed by atoms with van der Waals surface area (Å²) < 4.78 is 11.0. The number of hydrogen-bond acceptors (Lipinski definition) is 2. The summed E-state index contributed by atoms with van der Waals surface area (Å²) in [5, 5.41) is 0. The summed E-state index contributed by atoms with van der Waals surface area (Å²) in [4.78, 5) is 0. The Morgan fingerprint density at radius 2 is 1.90 bits per heavy atom. The summed E-state index contributed by atoms with van der Waals surface area (Å²) in [6.07, 6.45) is 4.74. The van der Waals surface area contributed by atoms with E-state index in [1.807, 2.05) is 0 Å². The van der Waals surface area contributed by atoms with E-state index < -0.39 is 0 Å².